The van der Waals surface area contributed by atoms with Gasteiger partial charge in [0.25, 0.3) is 0 Å². The van der Waals surface area contributed by atoms with E-state index in [1.54, 1.807) is 12.0 Å². The maximum absolute atomic E-state index is 12.4. The third kappa shape index (κ3) is 4.41. The topological polar surface area (TPSA) is 62.2 Å². The maximum atomic E-state index is 12.4. The number of amides is 1. The van der Waals surface area contributed by atoms with Crippen LogP contribution in [0.1, 0.15) is 24.8 Å². The number of anilines is 1. The number of methoxy groups -OCH3 is 1. The van der Waals surface area contributed by atoms with Gasteiger partial charge >= 0.3 is 6.09 Å². The highest BCUT2D eigenvalue weighted by Gasteiger charge is 2.36. The monoisotopic (exact) mass is 430 g/mol. The van der Waals surface area contributed by atoms with Crippen molar-refractivity contribution in [2.75, 3.05) is 38.2 Å². The van der Waals surface area contributed by atoms with Crippen LogP contribution in [-0.2, 0) is 10.3 Å². The molecule has 30 heavy (non-hydrogen) atoms. The number of piperidine rings is 1. The van der Waals surface area contributed by atoms with Crippen molar-refractivity contribution >= 4 is 23.4 Å². The highest BCUT2D eigenvalue weighted by molar-refractivity contribution is 6.30. The fraction of sp³-hybridized carbons (Fsp3) is 0.435. The molecular weight excluding hydrogens is 404 g/mol. The van der Waals surface area contributed by atoms with Crippen LogP contribution in [0, 0.1) is 0 Å². The number of carbonyl (C=O) groups is 1. The lowest BCUT2D eigenvalue weighted by Crippen LogP contribution is -2.43. The van der Waals surface area contributed by atoms with Gasteiger partial charge in [0.1, 0.15) is 11.9 Å². The summed E-state index contributed by atoms with van der Waals surface area (Å²) in [6.07, 6.45) is 1.62. The molecule has 160 valence electrons. The van der Waals surface area contributed by atoms with Gasteiger partial charge < -0.3 is 19.5 Å². The summed E-state index contributed by atoms with van der Waals surface area (Å²) in [4.78, 5) is 16.3. The lowest BCUT2D eigenvalue weighted by atomic mass is 9.84. The van der Waals surface area contributed by atoms with E-state index >= 15 is 0 Å². The van der Waals surface area contributed by atoms with Crippen molar-refractivity contribution < 1.29 is 19.4 Å². The summed E-state index contributed by atoms with van der Waals surface area (Å²) in [6.45, 7) is 2.95. The molecular formula is C23H27ClN2O4. The third-order valence-corrected chi connectivity index (χ3v) is 6.33. The number of carbonyl (C=O) groups excluding carboxylic acids is 1. The highest BCUT2D eigenvalue weighted by atomic mass is 35.5. The lowest BCUT2D eigenvalue weighted by molar-refractivity contribution is -0.0275. The molecule has 2 saturated heterocycles. The normalized spacial score (nSPS) is 21.5. The first-order valence-corrected chi connectivity index (χ1v) is 10.7. The number of para-hydroxylation sites is 2. The molecule has 2 heterocycles. The molecule has 2 aromatic rings. The molecule has 1 amide bonds. The fourth-order valence-corrected chi connectivity index (χ4v) is 4.37. The van der Waals surface area contributed by atoms with E-state index in [9.17, 15) is 9.90 Å². The number of hydrogen-bond donors (Lipinski definition) is 1. The van der Waals surface area contributed by atoms with Crippen LogP contribution in [0.2, 0.25) is 5.02 Å². The Labute approximate surface area is 181 Å². The Hall–Kier alpha value is -2.28. The van der Waals surface area contributed by atoms with Gasteiger partial charge in [0.2, 0.25) is 0 Å². The van der Waals surface area contributed by atoms with E-state index in [1.807, 2.05) is 48.5 Å². The van der Waals surface area contributed by atoms with E-state index in [0.717, 1.165) is 37.3 Å². The number of ether oxygens (including phenoxy) is 2. The number of nitrogens with zero attached hydrogens (tertiary/aromatic N) is 2. The predicted octanol–water partition coefficient (Wildman–Crippen LogP) is 4.05. The first-order valence-electron chi connectivity index (χ1n) is 10.3. The summed E-state index contributed by atoms with van der Waals surface area (Å²) in [5.74, 6) is 0.660. The molecule has 2 aliphatic heterocycles. The molecule has 7 heteroatoms. The summed E-state index contributed by atoms with van der Waals surface area (Å²) in [5.41, 5.74) is 0.851. The van der Waals surface area contributed by atoms with E-state index in [1.165, 1.54) is 0 Å². The van der Waals surface area contributed by atoms with Gasteiger partial charge in [-0.1, -0.05) is 35.9 Å². The van der Waals surface area contributed by atoms with E-state index in [4.69, 9.17) is 21.1 Å². The largest absolute Gasteiger partial charge is 0.495 e. The summed E-state index contributed by atoms with van der Waals surface area (Å²) in [5, 5.41) is 11.7. The molecule has 0 aliphatic carbocycles. The first-order chi connectivity index (χ1) is 14.5. The Bertz CT molecular complexity index is 881. The first kappa shape index (κ1) is 21.0. The molecule has 0 bridgehead atoms. The second kappa shape index (κ2) is 8.84. The number of benzene rings is 2. The van der Waals surface area contributed by atoms with Gasteiger partial charge in [-0.2, -0.15) is 0 Å². The van der Waals surface area contributed by atoms with Crippen molar-refractivity contribution in [2.45, 2.75) is 31.0 Å². The van der Waals surface area contributed by atoms with Gasteiger partial charge in [-0.25, -0.2) is 4.79 Å². The minimum absolute atomic E-state index is 0.153. The Kier molecular flexibility index (Phi) is 6.18. The number of aliphatic hydroxyl groups is 1. The average molecular weight is 431 g/mol. The second-order valence-corrected chi connectivity index (χ2v) is 8.39. The van der Waals surface area contributed by atoms with E-state index < -0.39 is 5.60 Å². The van der Waals surface area contributed by atoms with Crippen molar-refractivity contribution in [3.05, 3.63) is 59.1 Å². The van der Waals surface area contributed by atoms with Crippen molar-refractivity contribution in [3.63, 3.8) is 0 Å². The summed E-state index contributed by atoms with van der Waals surface area (Å²) >= 11 is 5.96. The Morgan fingerprint density at radius 1 is 1.17 bits per heavy atom. The third-order valence-electron chi connectivity index (χ3n) is 6.08. The SMILES string of the molecule is COc1ccccc1N1CC(CCN2CCC(O)(c3ccc(Cl)cc3)CC2)OC1=O. The molecule has 1 unspecified atom stereocenters. The molecule has 0 radical (unpaired) electrons. The summed E-state index contributed by atoms with van der Waals surface area (Å²) < 4.78 is 11.0. The van der Waals surface area contributed by atoms with E-state index in [-0.39, 0.29) is 12.2 Å². The van der Waals surface area contributed by atoms with Crippen molar-refractivity contribution in [1.82, 2.24) is 4.90 Å². The van der Waals surface area contributed by atoms with Crippen molar-refractivity contribution in [2.24, 2.45) is 0 Å². The Morgan fingerprint density at radius 2 is 1.87 bits per heavy atom. The fourth-order valence-electron chi connectivity index (χ4n) is 4.24. The predicted molar refractivity (Wildman–Crippen MR) is 116 cm³/mol. The van der Waals surface area contributed by atoms with Gasteiger partial charge in [-0.05, 0) is 49.1 Å². The zero-order valence-corrected chi connectivity index (χ0v) is 17.8. The number of likely N-dealkylation sites (tertiary alicyclic amines) is 1. The minimum atomic E-state index is -0.804. The highest BCUT2D eigenvalue weighted by Crippen LogP contribution is 2.34. The average Bonchev–Trinajstić information content (AvgIpc) is 3.14. The second-order valence-electron chi connectivity index (χ2n) is 7.96. The van der Waals surface area contributed by atoms with Crippen LogP contribution in [0.15, 0.2) is 48.5 Å². The molecule has 0 aromatic heterocycles. The molecule has 1 atom stereocenters. The van der Waals surface area contributed by atoms with Crippen LogP contribution in [0.4, 0.5) is 10.5 Å². The molecule has 6 nitrogen and oxygen atoms in total. The summed E-state index contributed by atoms with van der Waals surface area (Å²) in [7, 11) is 1.60. The molecule has 2 aliphatic rings. The Balaban J connectivity index is 1.29. The molecule has 2 aromatic carbocycles. The van der Waals surface area contributed by atoms with Crippen molar-refractivity contribution in [3.8, 4) is 5.75 Å². The quantitative estimate of drug-likeness (QED) is 0.749. The Morgan fingerprint density at radius 3 is 2.57 bits per heavy atom. The number of rotatable bonds is 6. The zero-order valence-electron chi connectivity index (χ0n) is 17.1. The number of halogens is 1. The van der Waals surface area contributed by atoms with Gasteiger partial charge in [-0.15, -0.1) is 0 Å². The van der Waals surface area contributed by atoms with E-state index in [2.05, 4.69) is 4.90 Å². The van der Waals surface area contributed by atoms with Crippen LogP contribution in [0.3, 0.4) is 0 Å². The zero-order chi connectivity index (χ0) is 21.1. The van der Waals surface area contributed by atoms with Crippen LogP contribution in [-0.4, -0.2) is 55.5 Å². The van der Waals surface area contributed by atoms with E-state index in [0.29, 0.717) is 30.2 Å². The van der Waals surface area contributed by atoms with Crippen LogP contribution in [0.25, 0.3) is 0 Å². The molecule has 0 saturated carbocycles. The van der Waals surface area contributed by atoms with Gasteiger partial charge in [0.15, 0.2) is 0 Å². The molecule has 2 fully saturated rings. The number of cyclic esters (lactones) is 1. The van der Waals surface area contributed by atoms with Gasteiger partial charge in [0.05, 0.1) is 24.9 Å². The van der Waals surface area contributed by atoms with Crippen LogP contribution in [0.5, 0.6) is 5.75 Å². The maximum Gasteiger partial charge on any atom is 0.414 e. The molecule has 4 rings (SSSR count). The van der Waals surface area contributed by atoms with Gasteiger partial charge in [-0.3, -0.25) is 4.90 Å². The molecule has 1 N–H and O–H groups in total. The van der Waals surface area contributed by atoms with Crippen LogP contribution >= 0.6 is 11.6 Å². The lowest BCUT2D eigenvalue weighted by Gasteiger charge is -2.38. The minimum Gasteiger partial charge on any atom is -0.495 e. The standard InChI is InChI=1S/C23H27ClN2O4/c1-29-21-5-3-2-4-20(21)26-16-19(30-22(26)27)10-13-25-14-11-23(28,12-15-25)17-6-8-18(24)9-7-17/h2-9,19,28H,10-16H2,1H3. The summed E-state index contributed by atoms with van der Waals surface area (Å²) in [6, 6.07) is 14.9. The smallest absolute Gasteiger partial charge is 0.414 e. The van der Waals surface area contributed by atoms with Gasteiger partial charge in [0, 0.05) is 24.7 Å². The number of hydrogen-bond acceptors (Lipinski definition) is 5. The molecule has 0 spiro atoms. The van der Waals surface area contributed by atoms with Crippen molar-refractivity contribution in [1.29, 1.82) is 0 Å². The van der Waals surface area contributed by atoms with Crippen LogP contribution < -0.4 is 9.64 Å².